The molecule has 0 fully saturated rings. The number of hydrogen-bond acceptors (Lipinski definition) is 6. The Labute approximate surface area is 153 Å². The van der Waals surface area contributed by atoms with Crippen LogP contribution >= 0.6 is 12.2 Å². The normalized spacial score (nSPS) is 9.96. The number of anilines is 1. The number of carbonyl (C=O) groups excluding carboxylic acids is 1. The van der Waals surface area contributed by atoms with Crippen molar-refractivity contribution in [1.82, 2.24) is 5.32 Å². The van der Waals surface area contributed by atoms with Gasteiger partial charge in [-0.05, 0) is 36.5 Å². The highest BCUT2D eigenvalue weighted by molar-refractivity contribution is 7.80. The molecule has 2 aromatic rings. The van der Waals surface area contributed by atoms with Crippen molar-refractivity contribution in [3.05, 3.63) is 57.9 Å². The zero-order chi connectivity index (χ0) is 19.3. The lowest BCUT2D eigenvalue weighted by atomic mass is 10.2. The smallest absolute Gasteiger partial charge is 0.271 e. The maximum Gasteiger partial charge on any atom is 0.271 e. The van der Waals surface area contributed by atoms with Crippen molar-refractivity contribution in [2.24, 2.45) is 0 Å². The van der Waals surface area contributed by atoms with E-state index in [1.807, 2.05) is 0 Å². The van der Waals surface area contributed by atoms with Gasteiger partial charge in [-0.3, -0.25) is 20.2 Å². The number of benzene rings is 2. The number of hydrogen-bond donors (Lipinski definition) is 2. The Morgan fingerprint density at radius 1 is 1.15 bits per heavy atom. The quantitative estimate of drug-likeness (QED) is 0.468. The summed E-state index contributed by atoms with van der Waals surface area (Å²) in [7, 11) is 2.89. The van der Waals surface area contributed by atoms with Gasteiger partial charge in [0.15, 0.2) is 16.6 Å². The van der Waals surface area contributed by atoms with E-state index < -0.39 is 16.6 Å². The van der Waals surface area contributed by atoms with E-state index in [2.05, 4.69) is 10.6 Å². The average Bonchev–Trinajstić information content (AvgIpc) is 2.62. The molecule has 2 aromatic carbocycles. The molecule has 10 heteroatoms. The lowest BCUT2D eigenvalue weighted by Crippen LogP contribution is -2.34. The molecule has 2 rings (SSSR count). The van der Waals surface area contributed by atoms with Crippen LogP contribution in [-0.2, 0) is 0 Å². The lowest BCUT2D eigenvalue weighted by molar-refractivity contribution is -0.384. The molecule has 0 atom stereocenters. The van der Waals surface area contributed by atoms with Gasteiger partial charge in [0.25, 0.3) is 11.6 Å². The minimum atomic E-state index is -0.752. The Kier molecular flexibility index (Phi) is 6.02. The second-order valence-electron chi connectivity index (χ2n) is 4.90. The van der Waals surface area contributed by atoms with E-state index in [0.29, 0.717) is 11.5 Å². The Morgan fingerprint density at radius 3 is 2.46 bits per heavy atom. The monoisotopic (exact) mass is 379 g/mol. The van der Waals surface area contributed by atoms with E-state index >= 15 is 0 Å². The van der Waals surface area contributed by atoms with Crippen LogP contribution in [0.4, 0.5) is 15.8 Å². The number of rotatable bonds is 5. The maximum atomic E-state index is 13.7. The maximum absolute atomic E-state index is 13.7. The number of carbonyl (C=O) groups is 1. The number of non-ortho nitro benzene ring substituents is 1. The molecule has 0 saturated heterocycles. The standard InChI is InChI=1S/C16H14FN3O5S/c1-24-13-6-3-9(7-14(13)25-2)15(21)19-16(26)18-12-8-10(20(22)23)4-5-11(12)17/h3-8H,1-2H3,(H2,18,19,21,26). The van der Waals surface area contributed by atoms with Gasteiger partial charge >= 0.3 is 0 Å². The van der Waals surface area contributed by atoms with Crippen molar-refractivity contribution in [3.8, 4) is 11.5 Å². The van der Waals surface area contributed by atoms with Crippen LogP contribution in [0.5, 0.6) is 11.5 Å². The number of halogens is 1. The highest BCUT2D eigenvalue weighted by atomic mass is 32.1. The molecule has 0 radical (unpaired) electrons. The molecule has 0 spiro atoms. The third-order valence-corrected chi connectivity index (χ3v) is 3.49. The Bertz CT molecular complexity index is 875. The van der Waals surface area contributed by atoms with E-state index in [0.717, 1.165) is 18.2 Å². The molecule has 1 amide bonds. The Morgan fingerprint density at radius 2 is 1.85 bits per heavy atom. The van der Waals surface area contributed by atoms with Crippen LogP contribution in [0.15, 0.2) is 36.4 Å². The summed E-state index contributed by atoms with van der Waals surface area (Å²) in [4.78, 5) is 22.3. The average molecular weight is 379 g/mol. The molecule has 0 aliphatic rings. The van der Waals surface area contributed by atoms with E-state index in [-0.39, 0.29) is 22.1 Å². The molecule has 8 nitrogen and oxygen atoms in total. The molecule has 136 valence electrons. The highest BCUT2D eigenvalue weighted by Gasteiger charge is 2.15. The van der Waals surface area contributed by atoms with Gasteiger partial charge in [-0.25, -0.2) is 4.39 Å². The fourth-order valence-electron chi connectivity index (χ4n) is 2.03. The number of ether oxygens (including phenoxy) is 2. The molecule has 2 N–H and O–H groups in total. The first-order valence-corrected chi connectivity index (χ1v) is 7.55. The molecular weight excluding hydrogens is 365 g/mol. The van der Waals surface area contributed by atoms with Gasteiger partial charge in [-0.15, -0.1) is 0 Å². The number of methoxy groups -OCH3 is 2. The van der Waals surface area contributed by atoms with E-state index in [9.17, 15) is 19.3 Å². The van der Waals surface area contributed by atoms with Gasteiger partial charge in [-0.2, -0.15) is 0 Å². The summed E-state index contributed by atoms with van der Waals surface area (Å²) < 4.78 is 23.9. The van der Waals surface area contributed by atoms with Crippen molar-refractivity contribution in [1.29, 1.82) is 0 Å². The third kappa shape index (κ3) is 4.42. The van der Waals surface area contributed by atoms with Crippen molar-refractivity contribution in [3.63, 3.8) is 0 Å². The van der Waals surface area contributed by atoms with Crippen molar-refractivity contribution in [2.45, 2.75) is 0 Å². The minimum Gasteiger partial charge on any atom is -0.493 e. The number of nitrogens with zero attached hydrogens (tertiary/aromatic N) is 1. The van der Waals surface area contributed by atoms with E-state index in [1.54, 1.807) is 6.07 Å². The van der Waals surface area contributed by atoms with E-state index in [1.165, 1.54) is 26.4 Å². The Balaban J connectivity index is 2.12. The molecule has 0 saturated carbocycles. The van der Waals surface area contributed by atoms with Gasteiger partial charge in [-0.1, -0.05) is 0 Å². The van der Waals surface area contributed by atoms with Crippen LogP contribution in [0.3, 0.4) is 0 Å². The zero-order valence-electron chi connectivity index (χ0n) is 13.7. The number of nitro benzene ring substituents is 1. The summed E-state index contributed by atoms with van der Waals surface area (Å²) >= 11 is 4.96. The molecule has 0 aliphatic carbocycles. The SMILES string of the molecule is COc1ccc(C(=O)NC(=S)Nc2cc([N+](=O)[O-])ccc2F)cc1OC. The largest absolute Gasteiger partial charge is 0.493 e. The second kappa shape index (κ2) is 8.21. The fourth-order valence-corrected chi connectivity index (χ4v) is 2.23. The second-order valence-corrected chi connectivity index (χ2v) is 5.31. The Hall–Kier alpha value is -3.27. The summed E-state index contributed by atoms with van der Waals surface area (Å²) in [5, 5.41) is 15.3. The molecule has 0 bridgehead atoms. The molecule has 0 aliphatic heterocycles. The van der Waals surface area contributed by atoms with Crippen LogP contribution in [0.25, 0.3) is 0 Å². The predicted molar refractivity (Wildman–Crippen MR) is 96.3 cm³/mol. The summed E-state index contributed by atoms with van der Waals surface area (Å²) in [6.45, 7) is 0. The first-order valence-electron chi connectivity index (χ1n) is 7.14. The minimum absolute atomic E-state index is 0.218. The zero-order valence-corrected chi connectivity index (χ0v) is 14.6. The van der Waals surface area contributed by atoms with Crippen LogP contribution in [0.2, 0.25) is 0 Å². The molecular formula is C16H14FN3O5S. The van der Waals surface area contributed by atoms with Crippen LogP contribution in [0, 0.1) is 15.9 Å². The van der Waals surface area contributed by atoms with Crippen LogP contribution in [-0.4, -0.2) is 30.2 Å². The topological polar surface area (TPSA) is 103 Å². The molecule has 26 heavy (non-hydrogen) atoms. The number of nitro groups is 1. The van der Waals surface area contributed by atoms with Gasteiger partial charge in [0.05, 0.1) is 24.8 Å². The summed E-state index contributed by atoms with van der Waals surface area (Å²) in [5.74, 6) is -0.528. The summed E-state index contributed by atoms with van der Waals surface area (Å²) in [6, 6.07) is 7.41. The number of nitrogens with one attached hydrogen (secondary N) is 2. The van der Waals surface area contributed by atoms with Crippen molar-refractivity contribution < 1.29 is 23.6 Å². The van der Waals surface area contributed by atoms with Gasteiger partial charge in [0.1, 0.15) is 5.82 Å². The predicted octanol–water partition coefficient (Wildman–Crippen LogP) is 2.88. The fraction of sp³-hybridized carbons (Fsp3) is 0.125. The first-order chi connectivity index (χ1) is 12.3. The number of amides is 1. The van der Waals surface area contributed by atoms with E-state index in [4.69, 9.17) is 21.7 Å². The van der Waals surface area contributed by atoms with Crippen molar-refractivity contribution >= 4 is 34.6 Å². The summed E-state index contributed by atoms with van der Waals surface area (Å²) in [5.41, 5.74) is -0.314. The third-order valence-electron chi connectivity index (χ3n) is 3.28. The first kappa shape index (κ1) is 19.1. The molecule has 0 heterocycles. The van der Waals surface area contributed by atoms with Crippen LogP contribution < -0.4 is 20.1 Å². The lowest BCUT2D eigenvalue weighted by Gasteiger charge is -2.12. The molecule has 0 unspecified atom stereocenters. The molecule has 0 aromatic heterocycles. The van der Waals surface area contributed by atoms with Crippen molar-refractivity contribution in [2.75, 3.05) is 19.5 Å². The highest BCUT2D eigenvalue weighted by Crippen LogP contribution is 2.27. The van der Waals surface area contributed by atoms with Crippen LogP contribution in [0.1, 0.15) is 10.4 Å². The summed E-state index contributed by atoms with van der Waals surface area (Å²) in [6.07, 6.45) is 0. The van der Waals surface area contributed by atoms with Gasteiger partial charge in [0, 0.05) is 17.7 Å². The number of thiocarbonyl (C=S) groups is 1. The van der Waals surface area contributed by atoms with Gasteiger partial charge < -0.3 is 14.8 Å². The van der Waals surface area contributed by atoms with Gasteiger partial charge in [0.2, 0.25) is 0 Å².